The predicted octanol–water partition coefficient (Wildman–Crippen LogP) is 10.8. The van der Waals surface area contributed by atoms with E-state index < -0.39 is 22.4 Å². The minimum absolute atomic E-state index is 0. The second-order valence-electron chi connectivity index (χ2n) is 33.8. The molecule has 0 aliphatic heterocycles. The Kier molecular flexibility index (Phi) is 31.4. The fourth-order valence-electron chi connectivity index (χ4n) is 18.5. The minimum atomic E-state index is -0.986. The van der Waals surface area contributed by atoms with E-state index in [0.29, 0.717) is 39.5 Å². The van der Waals surface area contributed by atoms with Crippen LogP contribution in [0, 0.1) is 0 Å². The van der Waals surface area contributed by atoms with Crippen molar-refractivity contribution in [2.24, 2.45) is 0 Å². The number of phenols is 3. The summed E-state index contributed by atoms with van der Waals surface area (Å²) in [5.74, 6) is 0.799. The summed E-state index contributed by atoms with van der Waals surface area (Å²) in [6.45, 7) is 38.4. The van der Waals surface area contributed by atoms with Crippen LogP contribution in [0.5, 0.6) is 40.2 Å². The van der Waals surface area contributed by atoms with Crippen molar-refractivity contribution in [1.82, 2.24) is 0 Å². The third kappa shape index (κ3) is 20.0. The van der Waals surface area contributed by atoms with Gasteiger partial charge in [-0.3, -0.25) is 14.4 Å². The fourth-order valence-corrected chi connectivity index (χ4v) is 18.7. The van der Waals surface area contributed by atoms with Crippen LogP contribution in [-0.4, -0.2) is 68.0 Å². The smallest absolute Gasteiger partial charge is 0.872 e. The molecule has 0 bridgehead atoms. The van der Waals surface area contributed by atoms with Gasteiger partial charge in [-0.2, -0.15) is 0 Å². The first-order chi connectivity index (χ1) is 50.8. The Balaban J connectivity index is 0.000000259. The number of ketones is 1. The molecule has 3 spiro atoms. The molecule has 1 unspecified atom stereocenters. The molecule has 0 fully saturated rings. The third-order valence-corrected chi connectivity index (χ3v) is 22.8. The number of halogens is 2. The number of fused-ring (bicyclic) bond motifs is 12. The molecule has 9 aromatic rings. The number of hydrogen-bond donors (Lipinski definition) is 4. The topological polar surface area (TPSA) is 278 Å². The average Bonchev–Trinajstić information content (AvgIpc) is 1.56. The maximum absolute atomic E-state index is 12.9. The second-order valence-corrected chi connectivity index (χ2v) is 34.5. The first-order valence-corrected chi connectivity index (χ1v) is 37.0. The predicted molar refractivity (Wildman–Crippen MR) is 428 cm³/mol. The van der Waals surface area contributed by atoms with E-state index in [-0.39, 0.29) is 171 Å². The van der Waals surface area contributed by atoms with Crippen LogP contribution in [0.1, 0.15) is 261 Å². The van der Waals surface area contributed by atoms with Gasteiger partial charge < -0.3 is 50.4 Å². The summed E-state index contributed by atoms with van der Waals surface area (Å²) in [7, 11) is 1.71. The van der Waals surface area contributed by atoms with Crippen molar-refractivity contribution in [3.05, 3.63) is 289 Å². The molecule has 0 saturated carbocycles. The normalized spacial score (nSPS) is 17.5. The summed E-state index contributed by atoms with van der Waals surface area (Å²) in [6, 6.07) is 52.9. The summed E-state index contributed by atoms with van der Waals surface area (Å²) >= 11 is 10.4. The maximum atomic E-state index is 12.9. The number of allylic oxidation sites excluding steroid dienone is 1. The van der Waals surface area contributed by atoms with E-state index >= 15 is 0 Å². The number of hydrogen-bond acceptors (Lipinski definition) is 14. The quantitative estimate of drug-likeness (QED) is 0.0288. The molecule has 0 amide bonds. The zero-order valence-electron chi connectivity index (χ0n) is 68.6. The maximum Gasteiger partial charge on any atom is 1.00 e. The van der Waals surface area contributed by atoms with E-state index in [1.165, 1.54) is 117 Å². The van der Waals surface area contributed by atoms with Crippen molar-refractivity contribution >= 4 is 58.2 Å². The van der Waals surface area contributed by atoms with E-state index in [1.807, 2.05) is 63.1 Å². The fraction of sp³-hybridized carbons (Fsp3) is 0.333. The van der Waals surface area contributed by atoms with E-state index in [0.717, 1.165) is 55.4 Å². The van der Waals surface area contributed by atoms with Crippen molar-refractivity contribution in [3.8, 4) is 40.2 Å². The summed E-state index contributed by atoms with van der Waals surface area (Å²) in [6.07, 6.45) is 5.92. The van der Waals surface area contributed by atoms with Gasteiger partial charge >= 0.3 is 101 Å². The van der Waals surface area contributed by atoms with E-state index in [1.54, 1.807) is 55.6 Å². The third-order valence-electron chi connectivity index (χ3n) is 22.3. The Bertz CT molecular complexity index is 4700. The number of benzene rings is 9. The molecule has 6 aliphatic rings. The van der Waals surface area contributed by atoms with Gasteiger partial charge in [0.05, 0.1) is 18.2 Å². The van der Waals surface area contributed by atoms with Crippen LogP contribution in [0.15, 0.2) is 194 Å². The van der Waals surface area contributed by atoms with Crippen LogP contribution in [0.25, 0.3) is 0 Å². The summed E-state index contributed by atoms with van der Waals surface area (Å²) in [4.78, 5) is 63.8. The number of methoxy groups -OCH3 is 1. The first-order valence-electron chi connectivity index (χ1n) is 36.2. The van der Waals surface area contributed by atoms with Gasteiger partial charge in [0.15, 0.2) is 5.78 Å². The molecular weight excluding hydrogens is 1500 g/mol. The van der Waals surface area contributed by atoms with Crippen LogP contribution in [-0.2, 0) is 53.5 Å². The number of carboxylic acid groups (broad SMARTS) is 1. The number of Topliss-reactive ketones (excluding diaryl/α,β-unsaturated/α-hetero) is 1. The second kappa shape index (κ2) is 36.9. The Hall–Kier alpha value is -7.32. The van der Waals surface area contributed by atoms with Crippen molar-refractivity contribution in [1.29, 1.82) is 0 Å². The molecule has 578 valence electrons. The van der Waals surface area contributed by atoms with Crippen molar-refractivity contribution in [2.75, 3.05) is 7.11 Å². The Labute approximate surface area is 741 Å². The van der Waals surface area contributed by atoms with Crippen LogP contribution >= 0.6 is 23.2 Å². The van der Waals surface area contributed by atoms with Crippen LogP contribution in [0.3, 0.4) is 0 Å². The molecule has 9 aromatic carbocycles. The van der Waals surface area contributed by atoms with Crippen molar-refractivity contribution < 1.29 is 163 Å². The van der Waals surface area contributed by atoms with Gasteiger partial charge in [0.25, 0.3) is 10.5 Å². The monoisotopic (exact) mass is 1590 g/mol. The number of carbonyl (C=O) groups excluding carboxylic acids is 5. The number of carbonyl (C=O) groups is 6. The number of aromatic carboxylic acids is 1. The van der Waals surface area contributed by atoms with Gasteiger partial charge in [0.1, 0.15) is 35.5 Å². The number of aromatic hydroxyl groups is 3. The van der Waals surface area contributed by atoms with Gasteiger partial charge in [-0.1, -0.05) is 161 Å². The molecule has 0 aromatic heterocycles. The standard InChI is InChI=1S/C31H32O4.2C21H24O2.C8H4Cl2O2.C7H6O3.C4H8.CH2O.3Na.H2O/c1-19(32)20-7-9-21(10-8-20)28(33)35-23-12-14-25-27(16-23)31(18-30(25,4)5)17-29(2,3)24-13-11-22(34-6)15-26(24)31;2*1-19(2)11-21(17-9-13(22)5-7-15(17)19)12-20(3,4)16-8-6-14(23)10-18(16)21;9-7(11)5-1-2-6(4-3-5)8(10)12;8-6-3-1-5(2-4-6)7(9)10;1-4(2)3;1-2;;;;/h7-16H,17-18H2,1-6H3;2*5-10,22-23H,11-12H2,1-4H3;1-4H;1-4,8H,(H,9,10);1H2,2-3H3;1H2;;;;1H2/q;;;;;;;3*+1;/p-3. The first kappa shape index (κ1) is 96.3. The molecule has 15 rings (SSSR count). The van der Waals surface area contributed by atoms with Gasteiger partial charge in [-0.05, 0) is 291 Å². The molecule has 0 radical (unpaired) electrons. The minimum Gasteiger partial charge on any atom is -0.872 e. The van der Waals surface area contributed by atoms with E-state index in [9.17, 15) is 44.4 Å². The van der Waals surface area contributed by atoms with Crippen LogP contribution in [0.4, 0.5) is 0 Å². The van der Waals surface area contributed by atoms with E-state index in [4.69, 9.17) is 47.7 Å². The molecule has 20 heteroatoms. The zero-order chi connectivity index (χ0) is 80.7. The van der Waals surface area contributed by atoms with Crippen LogP contribution in [0.2, 0.25) is 0 Å². The van der Waals surface area contributed by atoms with E-state index in [2.05, 4.69) is 132 Å². The number of esters is 1. The van der Waals surface area contributed by atoms with Gasteiger partial charge in [0.2, 0.25) is 0 Å². The molecule has 15 nitrogen and oxygen atoms in total. The van der Waals surface area contributed by atoms with Gasteiger partial charge in [-0.25, -0.2) is 9.59 Å². The molecule has 5 N–H and O–H groups in total. The van der Waals surface area contributed by atoms with Gasteiger partial charge in [-0.15, -0.1) is 18.1 Å². The molecule has 1 atom stereocenters. The largest absolute Gasteiger partial charge is 1.00 e. The number of ether oxygens (including phenoxy) is 2. The number of rotatable bonds is 7. The molecular formula is C93H99Cl2Na3O15. The molecule has 0 heterocycles. The average molecular weight is 1600 g/mol. The number of phenolic OH excluding ortho intramolecular Hbond substituents is 3. The Morgan fingerprint density at radius 1 is 0.363 bits per heavy atom. The van der Waals surface area contributed by atoms with Gasteiger partial charge in [0, 0.05) is 32.9 Å². The Morgan fingerprint density at radius 3 is 0.912 bits per heavy atom. The molecule has 113 heavy (non-hydrogen) atoms. The van der Waals surface area contributed by atoms with Crippen molar-refractivity contribution in [2.45, 2.75) is 191 Å². The SMILES string of the molecule is C=C(C)C.C=O.CC1(C)CC2(CC(C)(C)c3ccc(O)cc32)c2cc(O)ccc21.CC1(C)CC2(CC(C)(C)c3ccc([O-])cc32)c2cc([O-])ccc21.COc1ccc2c(c1)C1(CC2(C)C)CC(C)(C)c2ccc(OC(=O)c3ccc(C(C)=O)cc3)cc21.O=C(Cl)c1ccc(C(=O)Cl)cc1.O=C(O)c1ccc(O)cc1.[Na+].[Na+].[Na+].[OH-]. The zero-order valence-corrected chi connectivity index (χ0v) is 76.1. The molecule has 6 aliphatic carbocycles. The number of carboxylic acids is 1. The van der Waals surface area contributed by atoms with Crippen LogP contribution < -0.4 is 108 Å². The molecule has 0 saturated heterocycles. The Morgan fingerprint density at radius 2 is 0.611 bits per heavy atom. The summed E-state index contributed by atoms with van der Waals surface area (Å²) in [5, 5.41) is 60.3. The summed E-state index contributed by atoms with van der Waals surface area (Å²) in [5.41, 5.74) is 17.8. The van der Waals surface area contributed by atoms with Crippen molar-refractivity contribution in [3.63, 3.8) is 0 Å². The summed E-state index contributed by atoms with van der Waals surface area (Å²) < 4.78 is 11.4.